The fourth-order valence-corrected chi connectivity index (χ4v) is 4.80. The van der Waals surface area contributed by atoms with Crippen LogP contribution in [0.25, 0.3) is 0 Å². The molecule has 1 amide bonds. The average molecular weight is 443 g/mol. The van der Waals surface area contributed by atoms with Gasteiger partial charge in [0.1, 0.15) is 6.54 Å². The van der Waals surface area contributed by atoms with Crippen LogP contribution >= 0.6 is 11.6 Å². The van der Waals surface area contributed by atoms with Gasteiger partial charge in [0.25, 0.3) is 10.0 Å². The number of carbonyl (C=O) groups excluding carboxylic acids is 1. The third-order valence-electron chi connectivity index (χ3n) is 4.80. The van der Waals surface area contributed by atoms with Crippen molar-refractivity contribution >= 4 is 33.2 Å². The molecule has 156 valence electrons. The van der Waals surface area contributed by atoms with Crippen LogP contribution in [-0.2, 0) is 14.8 Å². The van der Waals surface area contributed by atoms with E-state index in [4.69, 9.17) is 11.6 Å². The minimum atomic E-state index is -3.98. The Bertz CT molecular complexity index is 1120. The molecule has 0 radical (unpaired) electrons. The van der Waals surface area contributed by atoms with E-state index in [1.54, 1.807) is 43.3 Å². The molecule has 0 fully saturated rings. The van der Waals surface area contributed by atoms with E-state index in [0.29, 0.717) is 16.3 Å². The Kier molecular flexibility index (Phi) is 6.80. The molecule has 0 aliphatic rings. The molecule has 0 unspecified atom stereocenters. The number of nitrogens with zero attached hydrogens (tertiary/aromatic N) is 1. The van der Waals surface area contributed by atoms with Crippen molar-refractivity contribution in [1.29, 1.82) is 0 Å². The third-order valence-corrected chi connectivity index (χ3v) is 6.99. The van der Waals surface area contributed by atoms with Crippen LogP contribution in [0, 0.1) is 6.92 Å². The van der Waals surface area contributed by atoms with E-state index >= 15 is 0 Å². The normalized spacial score (nSPS) is 12.2. The number of carbonyl (C=O) groups is 1. The van der Waals surface area contributed by atoms with Gasteiger partial charge in [0, 0.05) is 5.02 Å². The molecular weight excluding hydrogens is 420 g/mol. The Morgan fingerprint density at radius 3 is 2.20 bits per heavy atom. The second-order valence-corrected chi connectivity index (χ2v) is 9.18. The number of halogens is 1. The van der Waals surface area contributed by atoms with Crippen LogP contribution in [0.2, 0.25) is 5.02 Å². The highest BCUT2D eigenvalue weighted by atomic mass is 35.5. The van der Waals surface area contributed by atoms with Gasteiger partial charge in [0.2, 0.25) is 5.91 Å². The van der Waals surface area contributed by atoms with Crippen LogP contribution in [0.15, 0.2) is 83.8 Å². The first-order chi connectivity index (χ1) is 14.3. The summed E-state index contributed by atoms with van der Waals surface area (Å²) >= 11 is 6.23. The van der Waals surface area contributed by atoms with Crippen LogP contribution in [0.1, 0.15) is 24.1 Å². The Hall–Kier alpha value is -2.83. The van der Waals surface area contributed by atoms with Crippen molar-refractivity contribution in [3.05, 3.63) is 95.0 Å². The first-order valence-electron chi connectivity index (χ1n) is 9.48. The van der Waals surface area contributed by atoms with Crippen LogP contribution in [0.5, 0.6) is 0 Å². The van der Waals surface area contributed by atoms with Crippen LogP contribution in [0.4, 0.5) is 5.69 Å². The monoisotopic (exact) mass is 442 g/mol. The first kappa shape index (κ1) is 21.9. The fourth-order valence-electron chi connectivity index (χ4n) is 3.13. The van der Waals surface area contributed by atoms with E-state index in [-0.39, 0.29) is 17.5 Å². The molecule has 0 bridgehead atoms. The molecular formula is C23H23ClN2O3S. The number of hydrogen-bond acceptors (Lipinski definition) is 3. The summed E-state index contributed by atoms with van der Waals surface area (Å²) in [6.45, 7) is 3.22. The number of hydrogen-bond donors (Lipinski definition) is 1. The van der Waals surface area contributed by atoms with E-state index in [1.807, 2.05) is 37.3 Å². The van der Waals surface area contributed by atoms with Crippen molar-refractivity contribution in [3.63, 3.8) is 0 Å². The summed E-state index contributed by atoms with van der Waals surface area (Å²) in [6, 6.07) is 22.3. The lowest BCUT2D eigenvalue weighted by Crippen LogP contribution is -2.42. The summed E-state index contributed by atoms with van der Waals surface area (Å²) in [7, 11) is -3.98. The largest absolute Gasteiger partial charge is 0.348 e. The highest BCUT2D eigenvalue weighted by Crippen LogP contribution is 2.30. The van der Waals surface area contributed by atoms with Gasteiger partial charge in [-0.2, -0.15) is 0 Å². The second kappa shape index (κ2) is 9.32. The number of sulfonamides is 1. The van der Waals surface area contributed by atoms with E-state index in [2.05, 4.69) is 5.32 Å². The quantitative estimate of drug-likeness (QED) is 0.575. The summed E-state index contributed by atoms with van der Waals surface area (Å²) in [5, 5.41) is 3.31. The molecule has 30 heavy (non-hydrogen) atoms. The number of anilines is 1. The van der Waals surface area contributed by atoms with Gasteiger partial charge in [-0.25, -0.2) is 8.42 Å². The highest BCUT2D eigenvalue weighted by molar-refractivity contribution is 7.92. The molecule has 3 rings (SSSR count). The fraction of sp³-hybridized carbons (Fsp3) is 0.174. The molecule has 0 saturated heterocycles. The van der Waals surface area contributed by atoms with Crippen molar-refractivity contribution in [2.75, 3.05) is 10.8 Å². The van der Waals surface area contributed by atoms with Gasteiger partial charge >= 0.3 is 0 Å². The van der Waals surface area contributed by atoms with Crippen molar-refractivity contribution in [1.82, 2.24) is 5.32 Å². The Balaban J connectivity index is 1.94. The van der Waals surface area contributed by atoms with E-state index in [0.717, 1.165) is 9.87 Å². The zero-order chi connectivity index (χ0) is 21.7. The summed E-state index contributed by atoms with van der Waals surface area (Å²) < 4.78 is 27.9. The SMILES string of the molecule is Cc1c(Cl)cccc1N(CC(=O)N[C@@H](C)c1ccccc1)S(=O)(=O)c1ccccc1. The lowest BCUT2D eigenvalue weighted by atomic mass is 10.1. The molecule has 0 heterocycles. The predicted octanol–water partition coefficient (Wildman–Crippen LogP) is 4.72. The highest BCUT2D eigenvalue weighted by Gasteiger charge is 2.29. The van der Waals surface area contributed by atoms with Crippen molar-refractivity contribution in [3.8, 4) is 0 Å². The zero-order valence-electron chi connectivity index (χ0n) is 16.7. The maximum absolute atomic E-state index is 13.4. The van der Waals surface area contributed by atoms with Gasteiger partial charge in [0.05, 0.1) is 16.6 Å². The molecule has 0 aliphatic heterocycles. The molecule has 0 saturated carbocycles. The van der Waals surface area contributed by atoms with Crippen LogP contribution in [0.3, 0.4) is 0 Å². The first-order valence-corrected chi connectivity index (χ1v) is 11.3. The smallest absolute Gasteiger partial charge is 0.264 e. The summed E-state index contributed by atoms with van der Waals surface area (Å²) in [4.78, 5) is 12.9. The van der Waals surface area contributed by atoms with Crippen molar-refractivity contribution in [2.24, 2.45) is 0 Å². The van der Waals surface area contributed by atoms with Gasteiger partial charge < -0.3 is 5.32 Å². The van der Waals surface area contributed by atoms with Crippen LogP contribution < -0.4 is 9.62 Å². The Labute approximate surface area is 182 Å². The average Bonchev–Trinajstić information content (AvgIpc) is 2.75. The van der Waals surface area contributed by atoms with Gasteiger partial charge in [-0.15, -0.1) is 0 Å². The Morgan fingerprint density at radius 2 is 1.57 bits per heavy atom. The molecule has 0 aliphatic carbocycles. The lowest BCUT2D eigenvalue weighted by Gasteiger charge is -2.26. The minimum Gasteiger partial charge on any atom is -0.348 e. The standard InChI is InChI=1S/C23H23ClN2O3S/c1-17-21(24)14-9-15-22(17)26(30(28,29)20-12-7-4-8-13-20)16-23(27)25-18(2)19-10-5-3-6-11-19/h3-15,18H,16H2,1-2H3,(H,25,27)/t18-/m0/s1. The van der Waals surface area contributed by atoms with Gasteiger partial charge in [-0.3, -0.25) is 9.10 Å². The number of rotatable bonds is 7. The third kappa shape index (κ3) is 4.83. The van der Waals surface area contributed by atoms with E-state index in [1.165, 1.54) is 12.1 Å². The second-order valence-electron chi connectivity index (χ2n) is 6.91. The van der Waals surface area contributed by atoms with E-state index < -0.39 is 15.9 Å². The zero-order valence-corrected chi connectivity index (χ0v) is 18.3. The number of nitrogens with one attached hydrogen (secondary N) is 1. The Morgan fingerprint density at radius 1 is 0.967 bits per heavy atom. The molecule has 3 aromatic rings. The van der Waals surface area contributed by atoms with E-state index in [9.17, 15) is 13.2 Å². The predicted molar refractivity (Wildman–Crippen MR) is 120 cm³/mol. The molecule has 3 aromatic carbocycles. The summed E-state index contributed by atoms with van der Waals surface area (Å²) in [5.74, 6) is -0.412. The maximum Gasteiger partial charge on any atom is 0.264 e. The molecule has 5 nitrogen and oxygen atoms in total. The minimum absolute atomic E-state index is 0.105. The van der Waals surface area contributed by atoms with Crippen LogP contribution in [-0.4, -0.2) is 20.9 Å². The number of benzene rings is 3. The molecule has 1 atom stereocenters. The number of amides is 1. The van der Waals surface area contributed by atoms with Crippen molar-refractivity contribution in [2.45, 2.75) is 24.8 Å². The van der Waals surface area contributed by atoms with Gasteiger partial charge in [0.15, 0.2) is 0 Å². The molecule has 0 aromatic heterocycles. The van der Waals surface area contributed by atoms with Gasteiger partial charge in [-0.1, -0.05) is 66.2 Å². The topological polar surface area (TPSA) is 66.5 Å². The molecule has 1 N–H and O–H groups in total. The summed E-state index contributed by atoms with van der Waals surface area (Å²) in [5.41, 5.74) is 1.89. The maximum atomic E-state index is 13.4. The summed E-state index contributed by atoms with van der Waals surface area (Å²) in [6.07, 6.45) is 0. The molecule has 7 heteroatoms. The molecule has 0 spiro atoms. The van der Waals surface area contributed by atoms with Crippen molar-refractivity contribution < 1.29 is 13.2 Å². The van der Waals surface area contributed by atoms with Gasteiger partial charge in [-0.05, 0) is 49.2 Å². The lowest BCUT2D eigenvalue weighted by molar-refractivity contribution is -0.120.